The molecule has 24 heavy (non-hydrogen) atoms. The third-order valence-electron chi connectivity index (χ3n) is 4.78. The Morgan fingerprint density at radius 3 is 2.29 bits per heavy atom. The minimum atomic E-state index is -0.0850. The second-order valence-corrected chi connectivity index (χ2v) is 6.88. The van der Waals surface area contributed by atoms with Crippen LogP contribution in [0.15, 0.2) is 24.3 Å². The van der Waals surface area contributed by atoms with E-state index < -0.39 is 0 Å². The summed E-state index contributed by atoms with van der Waals surface area (Å²) >= 11 is 0. The highest BCUT2D eigenvalue weighted by Crippen LogP contribution is 2.22. The summed E-state index contributed by atoms with van der Waals surface area (Å²) in [7, 11) is 3.59. The predicted molar refractivity (Wildman–Crippen MR) is 95.8 cm³/mol. The Bertz CT molecular complexity index is 560. The minimum Gasteiger partial charge on any atom is -0.355 e. The molecule has 2 atom stereocenters. The fraction of sp³-hybridized carbons (Fsp3) is 0.579. The molecule has 1 fully saturated rings. The summed E-state index contributed by atoms with van der Waals surface area (Å²) in [6.45, 7) is 5.40. The smallest absolute Gasteiger partial charge is 0.251 e. The number of hydrogen-bond acceptors (Lipinski definition) is 3. The Kier molecular flexibility index (Phi) is 6.37. The van der Waals surface area contributed by atoms with Crippen LogP contribution in [0.5, 0.6) is 0 Å². The van der Waals surface area contributed by atoms with E-state index in [0.29, 0.717) is 30.7 Å². The first-order valence-corrected chi connectivity index (χ1v) is 8.73. The van der Waals surface area contributed by atoms with Crippen LogP contribution in [0.4, 0.5) is 0 Å². The van der Waals surface area contributed by atoms with Crippen molar-refractivity contribution < 1.29 is 9.59 Å². The lowest BCUT2D eigenvalue weighted by molar-refractivity contribution is -0.138. The van der Waals surface area contributed by atoms with Crippen molar-refractivity contribution in [3.63, 3.8) is 0 Å². The highest BCUT2D eigenvalue weighted by atomic mass is 16.2. The Morgan fingerprint density at radius 1 is 1.17 bits per heavy atom. The number of amides is 2. The summed E-state index contributed by atoms with van der Waals surface area (Å²) in [5.74, 6) is 0.123. The van der Waals surface area contributed by atoms with Gasteiger partial charge in [0.25, 0.3) is 5.91 Å². The lowest BCUT2D eigenvalue weighted by Crippen LogP contribution is -2.50. The van der Waals surface area contributed by atoms with E-state index in [1.807, 2.05) is 36.2 Å². The van der Waals surface area contributed by atoms with E-state index in [1.165, 1.54) is 6.42 Å². The van der Waals surface area contributed by atoms with Crippen LogP contribution in [0.25, 0.3) is 0 Å². The molecule has 5 nitrogen and oxygen atoms in total. The number of nitrogens with zero attached hydrogens (tertiary/aromatic N) is 2. The van der Waals surface area contributed by atoms with Crippen molar-refractivity contribution in [2.45, 2.75) is 51.7 Å². The third kappa shape index (κ3) is 4.57. The van der Waals surface area contributed by atoms with Crippen molar-refractivity contribution in [2.24, 2.45) is 0 Å². The molecule has 1 N–H and O–H groups in total. The molecule has 0 spiro atoms. The first-order valence-electron chi connectivity index (χ1n) is 8.73. The standard InChI is InChI=1S/C19H29N3O2/c1-14-6-5-7-15(2)22(14)18(23)13-21(4)12-16-8-10-17(11-9-16)19(24)20-3/h8-11,14-15H,5-7,12-13H2,1-4H3,(H,20,24)/t14-,15-/m0/s1. The maximum atomic E-state index is 12.6. The minimum absolute atomic E-state index is 0.0850. The third-order valence-corrected chi connectivity index (χ3v) is 4.78. The molecular formula is C19H29N3O2. The Labute approximate surface area is 145 Å². The summed E-state index contributed by atoms with van der Waals surface area (Å²) in [6, 6.07) is 8.19. The van der Waals surface area contributed by atoms with Crippen LogP contribution in [-0.4, -0.2) is 54.3 Å². The van der Waals surface area contributed by atoms with Gasteiger partial charge in [0.1, 0.15) is 0 Å². The lowest BCUT2D eigenvalue weighted by Gasteiger charge is -2.39. The van der Waals surface area contributed by atoms with E-state index in [9.17, 15) is 9.59 Å². The van der Waals surface area contributed by atoms with E-state index in [1.54, 1.807) is 7.05 Å². The molecule has 1 aromatic carbocycles. The molecule has 2 rings (SSSR count). The Morgan fingerprint density at radius 2 is 1.75 bits per heavy atom. The second-order valence-electron chi connectivity index (χ2n) is 6.88. The van der Waals surface area contributed by atoms with Gasteiger partial charge in [-0.25, -0.2) is 0 Å². The molecule has 0 aromatic heterocycles. The lowest BCUT2D eigenvalue weighted by atomic mass is 9.97. The first kappa shape index (κ1) is 18.5. The van der Waals surface area contributed by atoms with Gasteiger partial charge in [-0.1, -0.05) is 12.1 Å². The largest absolute Gasteiger partial charge is 0.355 e. The highest BCUT2D eigenvalue weighted by Gasteiger charge is 2.29. The van der Waals surface area contributed by atoms with Crippen LogP contribution in [-0.2, 0) is 11.3 Å². The monoisotopic (exact) mass is 331 g/mol. The van der Waals surface area contributed by atoms with Crippen LogP contribution in [0.3, 0.4) is 0 Å². The molecule has 1 heterocycles. The SMILES string of the molecule is CNC(=O)c1ccc(CN(C)CC(=O)N2[C@@H](C)CCC[C@@H]2C)cc1. The molecule has 0 radical (unpaired) electrons. The van der Waals surface area contributed by atoms with Crippen molar-refractivity contribution in [1.82, 2.24) is 15.1 Å². The zero-order valence-corrected chi connectivity index (χ0v) is 15.2. The molecule has 1 aliphatic rings. The number of nitrogens with one attached hydrogen (secondary N) is 1. The molecule has 0 aliphatic carbocycles. The van der Waals surface area contributed by atoms with Gasteiger partial charge in [-0.3, -0.25) is 14.5 Å². The Balaban J connectivity index is 1.91. The maximum Gasteiger partial charge on any atom is 0.251 e. The topological polar surface area (TPSA) is 52.7 Å². The van der Waals surface area contributed by atoms with Crippen LogP contribution >= 0.6 is 0 Å². The molecule has 1 saturated heterocycles. The zero-order chi connectivity index (χ0) is 17.7. The molecule has 0 bridgehead atoms. The van der Waals surface area contributed by atoms with Gasteiger partial charge in [0.05, 0.1) is 6.54 Å². The van der Waals surface area contributed by atoms with E-state index >= 15 is 0 Å². The fourth-order valence-electron chi connectivity index (χ4n) is 3.50. The van der Waals surface area contributed by atoms with Crippen molar-refractivity contribution in [2.75, 3.05) is 20.6 Å². The van der Waals surface area contributed by atoms with Crippen LogP contribution in [0, 0.1) is 0 Å². The molecule has 132 valence electrons. The summed E-state index contributed by atoms with van der Waals surface area (Å²) < 4.78 is 0. The van der Waals surface area contributed by atoms with Crippen molar-refractivity contribution >= 4 is 11.8 Å². The van der Waals surface area contributed by atoms with Gasteiger partial charge in [0, 0.05) is 31.2 Å². The number of carbonyl (C=O) groups excluding carboxylic acids is 2. The molecule has 0 saturated carbocycles. The summed E-state index contributed by atoms with van der Waals surface area (Å²) in [4.78, 5) is 28.3. The van der Waals surface area contributed by atoms with Crippen LogP contribution in [0.1, 0.15) is 49.0 Å². The van der Waals surface area contributed by atoms with E-state index in [-0.39, 0.29) is 11.8 Å². The number of likely N-dealkylation sites (N-methyl/N-ethyl adjacent to an activating group) is 1. The number of carbonyl (C=O) groups is 2. The average molecular weight is 331 g/mol. The van der Waals surface area contributed by atoms with Gasteiger partial charge in [-0.05, 0) is 57.9 Å². The number of benzene rings is 1. The molecule has 0 unspecified atom stereocenters. The molecule has 5 heteroatoms. The van der Waals surface area contributed by atoms with Crippen LogP contribution in [0.2, 0.25) is 0 Å². The maximum absolute atomic E-state index is 12.6. The summed E-state index contributed by atoms with van der Waals surface area (Å²) in [6.07, 6.45) is 3.40. The zero-order valence-electron chi connectivity index (χ0n) is 15.2. The number of piperidine rings is 1. The fourth-order valence-corrected chi connectivity index (χ4v) is 3.50. The first-order chi connectivity index (χ1) is 11.4. The van der Waals surface area contributed by atoms with E-state index in [2.05, 4.69) is 24.1 Å². The predicted octanol–water partition coefficient (Wildman–Crippen LogP) is 2.27. The molecule has 1 aliphatic heterocycles. The molecular weight excluding hydrogens is 302 g/mol. The van der Waals surface area contributed by atoms with E-state index in [4.69, 9.17) is 0 Å². The van der Waals surface area contributed by atoms with Gasteiger partial charge < -0.3 is 10.2 Å². The molecule has 1 aromatic rings. The molecule has 2 amide bonds. The van der Waals surface area contributed by atoms with Crippen molar-refractivity contribution in [1.29, 1.82) is 0 Å². The Hall–Kier alpha value is -1.88. The van der Waals surface area contributed by atoms with Gasteiger partial charge in [-0.2, -0.15) is 0 Å². The van der Waals surface area contributed by atoms with E-state index in [0.717, 1.165) is 18.4 Å². The van der Waals surface area contributed by atoms with Gasteiger partial charge >= 0.3 is 0 Å². The second kappa shape index (κ2) is 8.29. The van der Waals surface area contributed by atoms with Gasteiger partial charge in [0.15, 0.2) is 0 Å². The summed E-state index contributed by atoms with van der Waals surface area (Å²) in [5.41, 5.74) is 1.74. The van der Waals surface area contributed by atoms with Crippen molar-refractivity contribution in [3.05, 3.63) is 35.4 Å². The average Bonchev–Trinajstić information content (AvgIpc) is 2.54. The highest BCUT2D eigenvalue weighted by molar-refractivity contribution is 5.93. The van der Waals surface area contributed by atoms with Crippen LogP contribution < -0.4 is 5.32 Å². The van der Waals surface area contributed by atoms with Crippen molar-refractivity contribution in [3.8, 4) is 0 Å². The number of likely N-dealkylation sites (tertiary alicyclic amines) is 1. The number of rotatable bonds is 5. The normalized spacial score (nSPS) is 21.0. The quantitative estimate of drug-likeness (QED) is 0.900. The summed E-state index contributed by atoms with van der Waals surface area (Å²) in [5, 5.41) is 2.61. The van der Waals surface area contributed by atoms with Gasteiger partial charge in [-0.15, -0.1) is 0 Å². The number of hydrogen-bond donors (Lipinski definition) is 1. The van der Waals surface area contributed by atoms with Gasteiger partial charge in [0.2, 0.25) is 5.91 Å².